The summed E-state index contributed by atoms with van der Waals surface area (Å²) >= 11 is 0. The quantitative estimate of drug-likeness (QED) is 0.820. The zero-order valence-corrected chi connectivity index (χ0v) is 10.1. The fourth-order valence-electron chi connectivity index (χ4n) is 1.53. The van der Waals surface area contributed by atoms with Crippen molar-refractivity contribution in [1.82, 2.24) is 9.97 Å². The minimum atomic E-state index is -3.35. The summed E-state index contributed by atoms with van der Waals surface area (Å²) in [6, 6.07) is 4.63. The van der Waals surface area contributed by atoms with Gasteiger partial charge < -0.3 is 4.98 Å². The Morgan fingerprint density at radius 1 is 1.35 bits per heavy atom. The molecular weight excluding hydrogens is 242 g/mol. The third-order valence-corrected chi connectivity index (χ3v) is 2.73. The van der Waals surface area contributed by atoms with Crippen molar-refractivity contribution in [2.75, 3.05) is 11.0 Å². The van der Waals surface area contributed by atoms with Crippen molar-refractivity contribution >= 4 is 26.6 Å². The molecule has 0 saturated heterocycles. The van der Waals surface area contributed by atoms with E-state index in [1.807, 2.05) is 0 Å². The maximum Gasteiger partial charge on any atom is 0.258 e. The lowest BCUT2D eigenvalue weighted by Crippen LogP contribution is -2.12. The molecule has 2 rings (SSSR count). The van der Waals surface area contributed by atoms with Crippen molar-refractivity contribution in [2.45, 2.75) is 6.92 Å². The Labute approximate surface area is 97.8 Å². The second kappa shape index (κ2) is 3.85. The molecule has 0 fully saturated rings. The van der Waals surface area contributed by atoms with E-state index in [1.165, 1.54) is 6.07 Å². The predicted molar refractivity (Wildman–Crippen MR) is 65.6 cm³/mol. The molecule has 0 bridgehead atoms. The topological polar surface area (TPSA) is 91.9 Å². The fraction of sp³-hybridized carbons (Fsp3) is 0.200. The van der Waals surface area contributed by atoms with Crippen LogP contribution in [0.5, 0.6) is 0 Å². The summed E-state index contributed by atoms with van der Waals surface area (Å²) in [5.74, 6) is 0.520. The lowest BCUT2D eigenvalue weighted by Gasteiger charge is -2.04. The fourth-order valence-corrected chi connectivity index (χ4v) is 2.09. The number of sulfonamides is 1. The number of rotatable bonds is 2. The molecule has 0 aliphatic carbocycles. The van der Waals surface area contributed by atoms with Crippen LogP contribution in [0, 0.1) is 6.92 Å². The summed E-state index contributed by atoms with van der Waals surface area (Å²) < 4.78 is 24.4. The van der Waals surface area contributed by atoms with Crippen LogP contribution in [-0.2, 0) is 10.0 Å². The van der Waals surface area contributed by atoms with Crippen LogP contribution in [0.4, 0.5) is 5.69 Å². The molecule has 17 heavy (non-hydrogen) atoms. The van der Waals surface area contributed by atoms with E-state index in [2.05, 4.69) is 14.7 Å². The van der Waals surface area contributed by atoms with Gasteiger partial charge in [-0.2, -0.15) is 0 Å². The van der Waals surface area contributed by atoms with Crippen LogP contribution >= 0.6 is 0 Å². The Bertz CT molecular complexity index is 734. The molecular formula is C10H11N3O3S. The average Bonchev–Trinajstić information content (AvgIpc) is 2.16. The summed E-state index contributed by atoms with van der Waals surface area (Å²) in [7, 11) is -3.35. The maximum absolute atomic E-state index is 11.6. The van der Waals surface area contributed by atoms with E-state index in [0.717, 1.165) is 6.26 Å². The molecule has 7 heteroatoms. The zero-order chi connectivity index (χ0) is 12.6. The summed E-state index contributed by atoms with van der Waals surface area (Å²) in [5.41, 5.74) is 0.589. The second-order valence-corrected chi connectivity index (χ2v) is 5.51. The van der Waals surface area contributed by atoms with Gasteiger partial charge in [0.2, 0.25) is 10.0 Å². The highest BCUT2D eigenvalue weighted by molar-refractivity contribution is 7.92. The van der Waals surface area contributed by atoms with Crippen molar-refractivity contribution < 1.29 is 8.42 Å². The lowest BCUT2D eigenvalue weighted by atomic mass is 10.2. The SMILES string of the molecule is Cc1nc2ccc(NS(C)(=O)=O)cc2c(=O)[nH]1. The Morgan fingerprint density at radius 3 is 2.71 bits per heavy atom. The normalized spacial score (nSPS) is 11.6. The predicted octanol–water partition coefficient (Wildman–Crippen LogP) is 0.603. The van der Waals surface area contributed by atoms with E-state index < -0.39 is 10.0 Å². The summed E-state index contributed by atoms with van der Waals surface area (Å²) in [5, 5.41) is 0.351. The van der Waals surface area contributed by atoms with Crippen LogP contribution in [0.3, 0.4) is 0 Å². The van der Waals surface area contributed by atoms with Crippen LogP contribution < -0.4 is 10.3 Å². The molecule has 0 unspecified atom stereocenters. The van der Waals surface area contributed by atoms with Crippen LogP contribution in [0.1, 0.15) is 5.82 Å². The number of nitrogens with one attached hydrogen (secondary N) is 2. The molecule has 0 saturated carbocycles. The number of fused-ring (bicyclic) bond motifs is 1. The van der Waals surface area contributed by atoms with E-state index >= 15 is 0 Å². The van der Waals surface area contributed by atoms with Crippen molar-refractivity contribution in [3.8, 4) is 0 Å². The van der Waals surface area contributed by atoms with Gasteiger partial charge in [-0.25, -0.2) is 13.4 Å². The zero-order valence-electron chi connectivity index (χ0n) is 9.31. The Morgan fingerprint density at radius 2 is 2.06 bits per heavy atom. The molecule has 6 nitrogen and oxygen atoms in total. The van der Waals surface area contributed by atoms with Crippen molar-refractivity contribution in [3.05, 3.63) is 34.4 Å². The maximum atomic E-state index is 11.6. The van der Waals surface area contributed by atoms with Gasteiger partial charge in [-0.1, -0.05) is 0 Å². The number of aromatic amines is 1. The summed E-state index contributed by atoms with van der Waals surface area (Å²) in [6.07, 6.45) is 1.05. The minimum Gasteiger partial charge on any atom is -0.310 e. The minimum absolute atomic E-state index is 0.287. The summed E-state index contributed by atoms with van der Waals surface area (Å²) in [4.78, 5) is 18.3. The van der Waals surface area contributed by atoms with Gasteiger partial charge in [-0.05, 0) is 25.1 Å². The first-order valence-corrected chi connectivity index (χ1v) is 6.73. The molecule has 0 radical (unpaired) electrons. The van der Waals surface area contributed by atoms with E-state index in [9.17, 15) is 13.2 Å². The van der Waals surface area contributed by atoms with Crippen LogP contribution in [0.15, 0.2) is 23.0 Å². The molecule has 0 aliphatic heterocycles. The number of nitrogens with zero attached hydrogens (tertiary/aromatic N) is 1. The Balaban J connectivity index is 2.62. The van der Waals surface area contributed by atoms with Gasteiger partial charge in [0, 0.05) is 5.69 Å². The number of H-pyrrole nitrogens is 1. The molecule has 2 aromatic rings. The lowest BCUT2D eigenvalue weighted by molar-refractivity contribution is 0.607. The molecule has 1 aromatic carbocycles. The molecule has 2 N–H and O–H groups in total. The first-order chi connectivity index (χ1) is 7.85. The van der Waals surface area contributed by atoms with E-state index in [4.69, 9.17) is 0 Å². The Kier molecular flexibility index (Phi) is 2.62. The molecule has 0 spiro atoms. The van der Waals surface area contributed by atoms with Crippen molar-refractivity contribution in [1.29, 1.82) is 0 Å². The number of anilines is 1. The van der Waals surface area contributed by atoms with E-state index in [1.54, 1.807) is 19.1 Å². The summed E-state index contributed by atoms with van der Waals surface area (Å²) in [6.45, 7) is 1.68. The Hall–Kier alpha value is -1.89. The second-order valence-electron chi connectivity index (χ2n) is 3.76. The highest BCUT2D eigenvalue weighted by atomic mass is 32.2. The van der Waals surface area contributed by atoms with E-state index in [-0.39, 0.29) is 5.56 Å². The first kappa shape index (κ1) is 11.6. The van der Waals surface area contributed by atoms with Crippen LogP contribution in [-0.4, -0.2) is 24.6 Å². The van der Waals surface area contributed by atoms with Crippen molar-refractivity contribution in [2.24, 2.45) is 0 Å². The standard InChI is InChI=1S/C10H11N3O3S/c1-6-11-9-4-3-7(13-17(2,15)16)5-8(9)10(14)12-6/h3-5,13H,1-2H3,(H,11,12,14). The molecule has 1 aromatic heterocycles. The third-order valence-electron chi connectivity index (χ3n) is 2.13. The number of hydrogen-bond acceptors (Lipinski definition) is 4. The van der Waals surface area contributed by atoms with Gasteiger partial charge in [0.05, 0.1) is 17.2 Å². The van der Waals surface area contributed by atoms with Gasteiger partial charge in [0.15, 0.2) is 0 Å². The highest BCUT2D eigenvalue weighted by Gasteiger charge is 2.06. The molecule has 0 atom stereocenters. The number of aromatic nitrogens is 2. The van der Waals surface area contributed by atoms with Gasteiger partial charge in [-0.3, -0.25) is 9.52 Å². The van der Waals surface area contributed by atoms with Crippen LogP contribution in [0.25, 0.3) is 10.9 Å². The number of aryl methyl sites for hydroxylation is 1. The van der Waals surface area contributed by atoms with Crippen molar-refractivity contribution in [3.63, 3.8) is 0 Å². The molecule has 0 amide bonds. The van der Waals surface area contributed by atoms with Gasteiger partial charge in [0.1, 0.15) is 5.82 Å². The van der Waals surface area contributed by atoms with Crippen LogP contribution in [0.2, 0.25) is 0 Å². The van der Waals surface area contributed by atoms with Gasteiger partial charge >= 0.3 is 0 Å². The van der Waals surface area contributed by atoms with Gasteiger partial charge in [-0.15, -0.1) is 0 Å². The third kappa shape index (κ3) is 2.62. The highest BCUT2D eigenvalue weighted by Crippen LogP contribution is 2.15. The average molecular weight is 253 g/mol. The van der Waals surface area contributed by atoms with Gasteiger partial charge in [0.25, 0.3) is 5.56 Å². The van der Waals surface area contributed by atoms with E-state index in [0.29, 0.717) is 22.4 Å². The first-order valence-electron chi connectivity index (χ1n) is 4.84. The smallest absolute Gasteiger partial charge is 0.258 e. The monoisotopic (exact) mass is 253 g/mol. The number of hydrogen-bond donors (Lipinski definition) is 2. The largest absolute Gasteiger partial charge is 0.310 e. The number of benzene rings is 1. The molecule has 0 aliphatic rings. The molecule has 1 heterocycles. The molecule has 90 valence electrons.